The molecule has 0 saturated carbocycles. The molecule has 25 heavy (non-hydrogen) atoms. The second-order valence-corrected chi connectivity index (χ2v) is 6.54. The summed E-state index contributed by atoms with van der Waals surface area (Å²) >= 11 is 0. The van der Waals surface area contributed by atoms with Crippen molar-refractivity contribution >= 4 is 17.7 Å². The van der Waals surface area contributed by atoms with Crippen LogP contribution in [0.25, 0.3) is 0 Å². The van der Waals surface area contributed by atoms with Crippen molar-refractivity contribution in [2.24, 2.45) is 17.6 Å². The number of hydrogen-bond donors (Lipinski definition) is 1. The molecule has 3 rings (SSSR count). The van der Waals surface area contributed by atoms with Gasteiger partial charge in [-0.2, -0.15) is 0 Å². The second kappa shape index (κ2) is 6.78. The van der Waals surface area contributed by atoms with Crippen LogP contribution >= 0.6 is 0 Å². The molecule has 0 aromatic heterocycles. The molecule has 0 spiro atoms. The Bertz CT molecular complexity index is 711. The maximum Gasteiger partial charge on any atom is 0.254 e. The number of rotatable bonds is 3. The van der Waals surface area contributed by atoms with Gasteiger partial charge in [-0.3, -0.25) is 14.4 Å². The van der Waals surface area contributed by atoms with E-state index in [1.165, 1.54) is 11.0 Å². The molecular formula is C17H19F2N3O3. The van der Waals surface area contributed by atoms with Gasteiger partial charge in [-0.25, -0.2) is 8.78 Å². The zero-order valence-corrected chi connectivity index (χ0v) is 13.6. The third-order valence-corrected chi connectivity index (χ3v) is 4.89. The van der Waals surface area contributed by atoms with E-state index in [1.54, 1.807) is 4.90 Å². The predicted octanol–water partition coefficient (Wildman–Crippen LogP) is 0.761. The van der Waals surface area contributed by atoms with Gasteiger partial charge in [0.15, 0.2) is 11.6 Å². The first kappa shape index (κ1) is 17.3. The minimum Gasteiger partial charge on any atom is -0.369 e. The molecule has 1 aromatic carbocycles. The first-order valence-electron chi connectivity index (χ1n) is 8.19. The highest BCUT2D eigenvalue weighted by Gasteiger charge is 2.39. The van der Waals surface area contributed by atoms with Crippen molar-refractivity contribution in [2.45, 2.75) is 12.8 Å². The summed E-state index contributed by atoms with van der Waals surface area (Å²) in [5.74, 6) is -3.35. The number of carbonyl (C=O) groups excluding carboxylic acids is 3. The number of hydrogen-bond acceptors (Lipinski definition) is 3. The number of halogens is 2. The number of likely N-dealkylation sites (tertiary alicyclic amines) is 2. The molecule has 2 N–H and O–H groups in total. The van der Waals surface area contributed by atoms with Crippen LogP contribution in [0.15, 0.2) is 18.2 Å². The zero-order chi connectivity index (χ0) is 18.1. The molecule has 0 unspecified atom stereocenters. The molecular weight excluding hydrogens is 332 g/mol. The molecule has 0 aliphatic carbocycles. The monoisotopic (exact) mass is 351 g/mol. The summed E-state index contributed by atoms with van der Waals surface area (Å²) in [6.45, 7) is 1.49. The van der Waals surface area contributed by atoms with E-state index in [-0.39, 0.29) is 42.3 Å². The summed E-state index contributed by atoms with van der Waals surface area (Å²) < 4.78 is 26.2. The van der Waals surface area contributed by atoms with Crippen LogP contribution in [0.4, 0.5) is 8.78 Å². The maximum atomic E-state index is 13.2. The SMILES string of the molecule is NC(=O)C1CCN(C(=O)C2CN(C(=O)c3ccc(F)c(F)c3)C2)CC1. The standard InChI is InChI=1S/C17H19F2N3O3/c18-13-2-1-11(7-14(13)19)16(24)22-8-12(9-22)17(25)21-5-3-10(4-6-21)15(20)23/h1-2,7,10,12H,3-6,8-9H2,(H2,20,23). The summed E-state index contributed by atoms with van der Waals surface area (Å²) in [7, 11) is 0. The number of benzene rings is 1. The molecule has 0 radical (unpaired) electrons. The number of primary amides is 1. The summed E-state index contributed by atoms with van der Waals surface area (Å²) in [4.78, 5) is 38.9. The summed E-state index contributed by atoms with van der Waals surface area (Å²) in [5, 5.41) is 0. The maximum absolute atomic E-state index is 13.2. The quantitative estimate of drug-likeness (QED) is 0.873. The third kappa shape index (κ3) is 3.47. The average molecular weight is 351 g/mol. The van der Waals surface area contributed by atoms with Crippen LogP contribution in [-0.2, 0) is 9.59 Å². The predicted molar refractivity (Wildman–Crippen MR) is 84.2 cm³/mol. The van der Waals surface area contributed by atoms with E-state index in [0.29, 0.717) is 25.9 Å². The molecule has 2 aliphatic heterocycles. The van der Waals surface area contributed by atoms with Crippen LogP contribution in [-0.4, -0.2) is 53.7 Å². The Balaban J connectivity index is 1.52. The molecule has 1 aromatic rings. The van der Waals surface area contributed by atoms with Crippen LogP contribution in [0.2, 0.25) is 0 Å². The van der Waals surface area contributed by atoms with Crippen molar-refractivity contribution < 1.29 is 23.2 Å². The van der Waals surface area contributed by atoms with E-state index in [9.17, 15) is 23.2 Å². The molecule has 2 fully saturated rings. The summed E-state index contributed by atoms with van der Waals surface area (Å²) in [5.41, 5.74) is 5.34. The molecule has 6 nitrogen and oxygen atoms in total. The van der Waals surface area contributed by atoms with E-state index in [2.05, 4.69) is 0 Å². The van der Waals surface area contributed by atoms with Crippen LogP contribution in [0, 0.1) is 23.5 Å². The molecule has 134 valence electrons. The molecule has 3 amide bonds. The first-order valence-corrected chi connectivity index (χ1v) is 8.19. The number of nitrogens with zero attached hydrogens (tertiary/aromatic N) is 2. The highest BCUT2D eigenvalue weighted by atomic mass is 19.2. The Morgan fingerprint density at radius 1 is 0.960 bits per heavy atom. The van der Waals surface area contributed by atoms with Gasteiger partial charge < -0.3 is 15.5 Å². The Hall–Kier alpha value is -2.51. The molecule has 2 saturated heterocycles. The van der Waals surface area contributed by atoms with E-state index < -0.39 is 17.5 Å². The minimum atomic E-state index is -1.07. The number of amides is 3. The van der Waals surface area contributed by atoms with Gasteiger partial charge in [-0.1, -0.05) is 0 Å². The summed E-state index contributed by atoms with van der Waals surface area (Å²) in [6.07, 6.45) is 1.12. The van der Waals surface area contributed by atoms with E-state index in [0.717, 1.165) is 12.1 Å². The van der Waals surface area contributed by atoms with Crippen molar-refractivity contribution in [1.82, 2.24) is 9.80 Å². The Morgan fingerprint density at radius 2 is 1.60 bits per heavy atom. The number of carbonyl (C=O) groups is 3. The van der Waals surface area contributed by atoms with Crippen LogP contribution in [0.1, 0.15) is 23.2 Å². The lowest BCUT2D eigenvalue weighted by atomic mass is 9.92. The van der Waals surface area contributed by atoms with Crippen molar-refractivity contribution in [3.05, 3.63) is 35.4 Å². The van der Waals surface area contributed by atoms with E-state index in [1.807, 2.05) is 0 Å². The van der Waals surface area contributed by atoms with Crippen molar-refractivity contribution in [2.75, 3.05) is 26.2 Å². The highest BCUT2D eigenvalue weighted by molar-refractivity contribution is 5.96. The third-order valence-electron chi connectivity index (χ3n) is 4.89. The van der Waals surface area contributed by atoms with Gasteiger partial charge in [-0.15, -0.1) is 0 Å². The van der Waals surface area contributed by atoms with Gasteiger partial charge in [0, 0.05) is 37.7 Å². The van der Waals surface area contributed by atoms with Gasteiger partial charge in [0.2, 0.25) is 11.8 Å². The fourth-order valence-corrected chi connectivity index (χ4v) is 3.25. The highest BCUT2D eigenvalue weighted by Crippen LogP contribution is 2.24. The molecule has 8 heteroatoms. The van der Waals surface area contributed by atoms with Crippen LogP contribution in [0.5, 0.6) is 0 Å². The number of piperidine rings is 1. The van der Waals surface area contributed by atoms with Gasteiger partial charge in [0.05, 0.1) is 5.92 Å². The molecule has 0 bridgehead atoms. The van der Waals surface area contributed by atoms with E-state index in [4.69, 9.17) is 5.73 Å². The fraction of sp³-hybridized carbons (Fsp3) is 0.471. The lowest BCUT2D eigenvalue weighted by molar-refractivity contribution is -0.142. The normalized spacial score (nSPS) is 18.8. The molecule has 2 aliphatic rings. The van der Waals surface area contributed by atoms with Gasteiger partial charge in [-0.05, 0) is 31.0 Å². The summed E-state index contributed by atoms with van der Waals surface area (Å²) in [6, 6.07) is 3.00. The lowest BCUT2D eigenvalue weighted by Crippen LogP contribution is -2.57. The van der Waals surface area contributed by atoms with Gasteiger partial charge >= 0.3 is 0 Å². The first-order chi connectivity index (χ1) is 11.9. The van der Waals surface area contributed by atoms with Crippen LogP contribution < -0.4 is 5.73 Å². The van der Waals surface area contributed by atoms with Crippen molar-refractivity contribution in [3.8, 4) is 0 Å². The topological polar surface area (TPSA) is 83.7 Å². The second-order valence-electron chi connectivity index (χ2n) is 6.54. The van der Waals surface area contributed by atoms with Crippen LogP contribution in [0.3, 0.4) is 0 Å². The lowest BCUT2D eigenvalue weighted by Gasteiger charge is -2.42. The Labute approximate surface area is 143 Å². The Kier molecular flexibility index (Phi) is 4.69. The number of nitrogens with two attached hydrogens (primary N) is 1. The van der Waals surface area contributed by atoms with Crippen molar-refractivity contribution in [3.63, 3.8) is 0 Å². The van der Waals surface area contributed by atoms with Gasteiger partial charge in [0.1, 0.15) is 0 Å². The van der Waals surface area contributed by atoms with E-state index >= 15 is 0 Å². The molecule has 2 heterocycles. The zero-order valence-electron chi connectivity index (χ0n) is 13.6. The largest absolute Gasteiger partial charge is 0.369 e. The fourth-order valence-electron chi connectivity index (χ4n) is 3.25. The molecule has 0 atom stereocenters. The smallest absolute Gasteiger partial charge is 0.254 e. The van der Waals surface area contributed by atoms with Gasteiger partial charge in [0.25, 0.3) is 5.91 Å². The average Bonchev–Trinajstić information content (AvgIpc) is 2.55. The Morgan fingerprint density at radius 3 is 2.16 bits per heavy atom. The minimum absolute atomic E-state index is 0.0442. The van der Waals surface area contributed by atoms with Crippen molar-refractivity contribution in [1.29, 1.82) is 0 Å².